The van der Waals surface area contributed by atoms with Crippen molar-refractivity contribution in [3.63, 3.8) is 0 Å². The highest BCUT2D eigenvalue weighted by molar-refractivity contribution is 7.98. The van der Waals surface area contributed by atoms with Crippen LogP contribution >= 0.6 is 11.8 Å². The average molecular weight is 265 g/mol. The van der Waals surface area contributed by atoms with Gasteiger partial charge in [0.2, 0.25) is 0 Å². The zero-order valence-corrected chi connectivity index (χ0v) is 13.0. The Labute approximate surface area is 117 Å². The average Bonchev–Trinajstić information content (AvgIpc) is 2.33. The Kier molecular flexibility index (Phi) is 6.80. The van der Waals surface area contributed by atoms with Crippen LogP contribution in [0.5, 0.6) is 0 Å². The molecule has 0 radical (unpaired) electrons. The standard InChI is InChI=1S/C16H27NS/c1-16(2,3)13-15(17-11-8-12-18-4)14-9-6-5-7-10-14/h5-7,9-10,15,17H,8,11-13H2,1-4H3. The van der Waals surface area contributed by atoms with Gasteiger partial charge in [-0.2, -0.15) is 11.8 Å². The van der Waals surface area contributed by atoms with E-state index in [-0.39, 0.29) is 0 Å². The Balaban J connectivity index is 2.58. The molecule has 1 N–H and O–H groups in total. The topological polar surface area (TPSA) is 12.0 Å². The molecule has 0 fully saturated rings. The van der Waals surface area contributed by atoms with Crippen LogP contribution in [0.2, 0.25) is 0 Å². The summed E-state index contributed by atoms with van der Waals surface area (Å²) in [5.41, 5.74) is 1.77. The third-order valence-corrected chi connectivity index (χ3v) is 3.63. The molecular formula is C16H27NS. The normalized spacial score (nSPS) is 13.6. The van der Waals surface area contributed by atoms with E-state index in [0.29, 0.717) is 11.5 Å². The second-order valence-corrected chi connectivity index (χ2v) is 7.01. The number of rotatable bonds is 7. The Morgan fingerprint density at radius 1 is 1.17 bits per heavy atom. The smallest absolute Gasteiger partial charge is 0.0325 e. The number of thioether (sulfide) groups is 1. The summed E-state index contributed by atoms with van der Waals surface area (Å²) in [5, 5.41) is 3.71. The molecule has 0 saturated heterocycles. The third-order valence-electron chi connectivity index (χ3n) is 2.93. The summed E-state index contributed by atoms with van der Waals surface area (Å²) in [4.78, 5) is 0. The summed E-state index contributed by atoms with van der Waals surface area (Å²) in [6.45, 7) is 8.04. The number of hydrogen-bond donors (Lipinski definition) is 1. The van der Waals surface area contributed by atoms with Crippen molar-refractivity contribution >= 4 is 11.8 Å². The highest BCUT2D eigenvalue weighted by atomic mass is 32.2. The van der Waals surface area contributed by atoms with Crippen LogP contribution in [0.25, 0.3) is 0 Å². The fourth-order valence-electron chi connectivity index (χ4n) is 2.10. The maximum atomic E-state index is 3.71. The number of hydrogen-bond acceptors (Lipinski definition) is 2. The van der Waals surface area contributed by atoms with Gasteiger partial charge in [-0.05, 0) is 42.4 Å². The first kappa shape index (κ1) is 15.6. The van der Waals surface area contributed by atoms with Gasteiger partial charge in [-0.15, -0.1) is 0 Å². The van der Waals surface area contributed by atoms with Crippen LogP contribution in [-0.4, -0.2) is 18.6 Å². The molecular weight excluding hydrogens is 238 g/mol. The van der Waals surface area contributed by atoms with Crippen molar-refractivity contribution in [2.24, 2.45) is 5.41 Å². The van der Waals surface area contributed by atoms with Crippen LogP contribution in [0.15, 0.2) is 30.3 Å². The highest BCUT2D eigenvalue weighted by Gasteiger charge is 2.19. The zero-order chi connectivity index (χ0) is 13.4. The van der Waals surface area contributed by atoms with Gasteiger partial charge in [-0.1, -0.05) is 51.1 Å². The van der Waals surface area contributed by atoms with Crippen LogP contribution in [-0.2, 0) is 0 Å². The predicted octanol–water partition coefficient (Wildman–Crippen LogP) is 4.51. The Morgan fingerprint density at radius 2 is 1.83 bits per heavy atom. The SMILES string of the molecule is CSCCCNC(CC(C)(C)C)c1ccccc1. The van der Waals surface area contributed by atoms with Crippen LogP contribution in [0.1, 0.15) is 45.2 Å². The molecule has 0 aliphatic heterocycles. The molecule has 1 atom stereocenters. The van der Waals surface area contributed by atoms with E-state index < -0.39 is 0 Å². The lowest BCUT2D eigenvalue weighted by molar-refractivity contribution is 0.312. The van der Waals surface area contributed by atoms with Crippen molar-refractivity contribution < 1.29 is 0 Å². The predicted molar refractivity (Wildman–Crippen MR) is 84.3 cm³/mol. The lowest BCUT2D eigenvalue weighted by Gasteiger charge is -2.27. The number of nitrogens with one attached hydrogen (secondary N) is 1. The van der Waals surface area contributed by atoms with Gasteiger partial charge >= 0.3 is 0 Å². The monoisotopic (exact) mass is 265 g/mol. The fourth-order valence-corrected chi connectivity index (χ4v) is 2.53. The molecule has 0 aliphatic carbocycles. The van der Waals surface area contributed by atoms with E-state index in [2.05, 4.69) is 62.7 Å². The molecule has 1 rings (SSSR count). The summed E-state index contributed by atoms with van der Waals surface area (Å²) >= 11 is 1.92. The highest BCUT2D eigenvalue weighted by Crippen LogP contribution is 2.29. The molecule has 102 valence electrons. The molecule has 18 heavy (non-hydrogen) atoms. The molecule has 0 amide bonds. The van der Waals surface area contributed by atoms with Crippen LogP contribution < -0.4 is 5.32 Å². The quantitative estimate of drug-likeness (QED) is 0.728. The molecule has 0 aliphatic rings. The van der Waals surface area contributed by atoms with E-state index in [1.165, 1.54) is 24.2 Å². The lowest BCUT2D eigenvalue weighted by Crippen LogP contribution is -2.27. The first-order valence-electron chi connectivity index (χ1n) is 6.80. The van der Waals surface area contributed by atoms with Gasteiger partial charge in [0, 0.05) is 6.04 Å². The molecule has 1 nitrogen and oxygen atoms in total. The Hall–Kier alpha value is -0.470. The van der Waals surface area contributed by atoms with Crippen molar-refractivity contribution in [3.8, 4) is 0 Å². The summed E-state index contributed by atoms with van der Waals surface area (Å²) < 4.78 is 0. The van der Waals surface area contributed by atoms with Crippen molar-refractivity contribution in [2.45, 2.75) is 39.7 Å². The molecule has 1 aromatic rings. The van der Waals surface area contributed by atoms with Gasteiger partial charge in [0.1, 0.15) is 0 Å². The minimum Gasteiger partial charge on any atom is -0.310 e. The van der Waals surface area contributed by atoms with Crippen LogP contribution in [0.3, 0.4) is 0 Å². The van der Waals surface area contributed by atoms with E-state index in [4.69, 9.17) is 0 Å². The molecule has 0 aromatic heterocycles. The first-order chi connectivity index (χ1) is 8.53. The van der Waals surface area contributed by atoms with E-state index in [1.54, 1.807) is 0 Å². The van der Waals surface area contributed by atoms with E-state index >= 15 is 0 Å². The van der Waals surface area contributed by atoms with Gasteiger partial charge in [0.05, 0.1) is 0 Å². The largest absolute Gasteiger partial charge is 0.310 e. The summed E-state index contributed by atoms with van der Waals surface area (Å²) in [7, 11) is 0. The van der Waals surface area contributed by atoms with Crippen molar-refractivity contribution in [1.29, 1.82) is 0 Å². The summed E-state index contributed by atoms with van der Waals surface area (Å²) in [6.07, 6.45) is 4.59. The van der Waals surface area contributed by atoms with Gasteiger partial charge in [0.15, 0.2) is 0 Å². The third kappa shape index (κ3) is 6.46. The van der Waals surface area contributed by atoms with E-state index in [1.807, 2.05) is 11.8 Å². The fraction of sp³-hybridized carbons (Fsp3) is 0.625. The summed E-state index contributed by atoms with van der Waals surface area (Å²) in [5.74, 6) is 1.24. The molecule has 1 aromatic carbocycles. The molecule has 2 heteroatoms. The van der Waals surface area contributed by atoms with E-state index in [9.17, 15) is 0 Å². The maximum Gasteiger partial charge on any atom is 0.0325 e. The van der Waals surface area contributed by atoms with Crippen molar-refractivity contribution in [3.05, 3.63) is 35.9 Å². The Morgan fingerprint density at radius 3 is 2.39 bits per heavy atom. The minimum absolute atomic E-state index is 0.354. The van der Waals surface area contributed by atoms with Gasteiger partial charge in [0.25, 0.3) is 0 Å². The van der Waals surface area contributed by atoms with Gasteiger partial charge < -0.3 is 5.32 Å². The molecule has 0 bridgehead atoms. The van der Waals surface area contributed by atoms with Crippen molar-refractivity contribution in [1.82, 2.24) is 5.32 Å². The molecule has 0 spiro atoms. The molecule has 0 heterocycles. The lowest BCUT2D eigenvalue weighted by atomic mass is 9.85. The minimum atomic E-state index is 0.354. The first-order valence-corrected chi connectivity index (χ1v) is 8.19. The zero-order valence-electron chi connectivity index (χ0n) is 12.2. The van der Waals surface area contributed by atoms with E-state index in [0.717, 1.165) is 6.54 Å². The number of benzene rings is 1. The second kappa shape index (κ2) is 7.85. The maximum absolute atomic E-state index is 3.71. The van der Waals surface area contributed by atoms with Gasteiger partial charge in [-0.3, -0.25) is 0 Å². The Bertz CT molecular complexity index is 316. The summed E-state index contributed by atoms with van der Waals surface area (Å²) in [6, 6.07) is 11.3. The second-order valence-electron chi connectivity index (χ2n) is 6.03. The van der Waals surface area contributed by atoms with Crippen molar-refractivity contribution in [2.75, 3.05) is 18.6 Å². The molecule has 0 saturated carbocycles. The van der Waals surface area contributed by atoms with Crippen LogP contribution in [0, 0.1) is 5.41 Å². The van der Waals surface area contributed by atoms with Gasteiger partial charge in [-0.25, -0.2) is 0 Å². The molecule has 1 unspecified atom stereocenters. The van der Waals surface area contributed by atoms with Crippen LogP contribution in [0.4, 0.5) is 0 Å².